The number of likely N-dealkylation sites (tertiary alicyclic amines) is 2. The Morgan fingerprint density at radius 1 is 1.07 bits per heavy atom. The van der Waals surface area contributed by atoms with E-state index in [1.54, 1.807) is 4.90 Å². The number of benzene rings is 1. The summed E-state index contributed by atoms with van der Waals surface area (Å²) in [6, 6.07) is 9.85. The third-order valence-corrected chi connectivity index (χ3v) is 5.77. The molecule has 2 aliphatic rings. The molecule has 3 amide bonds. The van der Waals surface area contributed by atoms with Crippen LogP contribution in [0.3, 0.4) is 0 Å². The molecule has 0 spiro atoms. The van der Waals surface area contributed by atoms with Crippen LogP contribution in [0, 0.1) is 11.8 Å². The summed E-state index contributed by atoms with van der Waals surface area (Å²) in [5, 5.41) is 3.00. The maximum Gasteiger partial charge on any atom is 0.227 e. The highest BCUT2D eigenvalue weighted by molar-refractivity contribution is 5.90. The number of hydrogen-bond donors (Lipinski definition) is 1. The van der Waals surface area contributed by atoms with Crippen molar-refractivity contribution in [3.63, 3.8) is 0 Å². The van der Waals surface area contributed by atoms with Gasteiger partial charge in [-0.25, -0.2) is 0 Å². The predicted octanol–water partition coefficient (Wildman–Crippen LogP) is 2.19. The molecule has 6 heteroatoms. The Bertz CT molecular complexity index is 718. The van der Waals surface area contributed by atoms with Gasteiger partial charge in [-0.3, -0.25) is 14.4 Å². The lowest BCUT2D eigenvalue weighted by atomic mass is 9.94. The molecule has 2 heterocycles. The highest BCUT2D eigenvalue weighted by Crippen LogP contribution is 2.28. The maximum absolute atomic E-state index is 12.9. The average molecular weight is 386 g/mol. The van der Waals surface area contributed by atoms with Crippen LogP contribution in [0.15, 0.2) is 30.3 Å². The SMILES string of the molecule is CC(C)(C)N1CC(C(=O)N2CCC(C(=O)NCc3ccccc3)CC2)CC1=O. The van der Waals surface area contributed by atoms with Crippen LogP contribution in [-0.2, 0) is 20.9 Å². The fourth-order valence-electron chi connectivity index (χ4n) is 4.07. The fourth-order valence-corrected chi connectivity index (χ4v) is 4.07. The molecule has 1 aromatic carbocycles. The molecule has 1 atom stereocenters. The third kappa shape index (κ3) is 4.72. The van der Waals surface area contributed by atoms with Gasteiger partial charge in [-0.2, -0.15) is 0 Å². The number of rotatable bonds is 4. The zero-order chi connectivity index (χ0) is 20.3. The van der Waals surface area contributed by atoms with Gasteiger partial charge in [0.25, 0.3) is 0 Å². The summed E-state index contributed by atoms with van der Waals surface area (Å²) in [5.41, 5.74) is 0.827. The molecule has 1 unspecified atom stereocenters. The van der Waals surface area contributed by atoms with E-state index in [0.29, 0.717) is 45.4 Å². The molecule has 0 aromatic heterocycles. The van der Waals surface area contributed by atoms with Crippen molar-refractivity contribution in [2.75, 3.05) is 19.6 Å². The summed E-state index contributed by atoms with van der Waals surface area (Å²) in [6.45, 7) is 8.20. The smallest absolute Gasteiger partial charge is 0.227 e. The quantitative estimate of drug-likeness (QED) is 0.864. The molecule has 1 N–H and O–H groups in total. The molecule has 152 valence electrons. The highest BCUT2D eigenvalue weighted by atomic mass is 16.2. The lowest BCUT2D eigenvalue weighted by molar-refractivity contribution is -0.139. The Labute approximate surface area is 167 Å². The molecule has 6 nitrogen and oxygen atoms in total. The van der Waals surface area contributed by atoms with Crippen molar-refractivity contribution >= 4 is 17.7 Å². The average Bonchev–Trinajstić information content (AvgIpc) is 3.08. The normalized spacial score (nSPS) is 21.1. The number of piperidine rings is 1. The van der Waals surface area contributed by atoms with Gasteiger partial charge in [0.05, 0.1) is 5.92 Å². The first kappa shape index (κ1) is 20.4. The van der Waals surface area contributed by atoms with Gasteiger partial charge in [0.15, 0.2) is 0 Å². The molecule has 2 aliphatic heterocycles. The number of carbonyl (C=O) groups excluding carboxylic acids is 3. The second-order valence-electron chi connectivity index (χ2n) is 8.88. The predicted molar refractivity (Wildman–Crippen MR) is 107 cm³/mol. The second kappa shape index (κ2) is 8.33. The molecular weight excluding hydrogens is 354 g/mol. The molecule has 0 saturated carbocycles. The Morgan fingerprint density at radius 3 is 2.29 bits per heavy atom. The number of nitrogens with zero attached hydrogens (tertiary/aromatic N) is 2. The van der Waals surface area contributed by atoms with Crippen LogP contribution in [0.2, 0.25) is 0 Å². The number of hydrogen-bond acceptors (Lipinski definition) is 3. The lowest BCUT2D eigenvalue weighted by Gasteiger charge is -2.34. The first-order valence-corrected chi connectivity index (χ1v) is 10.2. The Balaban J connectivity index is 1.46. The standard InChI is InChI=1S/C22H31N3O3/c1-22(2,3)25-15-18(13-19(25)26)21(28)24-11-9-17(10-12-24)20(27)23-14-16-7-5-4-6-8-16/h4-8,17-18H,9-15H2,1-3H3,(H,23,27). The zero-order valence-corrected chi connectivity index (χ0v) is 17.1. The Hall–Kier alpha value is -2.37. The fraction of sp³-hybridized carbons (Fsp3) is 0.591. The molecule has 2 saturated heterocycles. The lowest BCUT2D eigenvalue weighted by Crippen LogP contribution is -2.46. The van der Waals surface area contributed by atoms with Crippen molar-refractivity contribution < 1.29 is 14.4 Å². The first-order chi connectivity index (χ1) is 13.3. The van der Waals surface area contributed by atoms with E-state index in [2.05, 4.69) is 5.32 Å². The minimum atomic E-state index is -0.254. The van der Waals surface area contributed by atoms with Gasteiger partial charge in [0.1, 0.15) is 0 Å². The summed E-state index contributed by atoms with van der Waals surface area (Å²) in [7, 11) is 0. The molecular formula is C22H31N3O3. The van der Waals surface area contributed by atoms with Crippen molar-refractivity contribution in [2.24, 2.45) is 11.8 Å². The van der Waals surface area contributed by atoms with Crippen LogP contribution >= 0.6 is 0 Å². The van der Waals surface area contributed by atoms with Crippen molar-refractivity contribution in [2.45, 2.75) is 52.1 Å². The van der Waals surface area contributed by atoms with Crippen LogP contribution in [0.1, 0.15) is 45.6 Å². The van der Waals surface area contributed by atoms with E-state index in [0.717, 1.165) is 5.56 Å². The van der Waals surface area contributed by atoms with Gasteiger partial charge in [-0.15, -0.1) is 0 Å². The minimum Gasteiger partial charge on any atom is -0.352 e. The van der Waals surface area contributed by atoms with Crippen molar-refractivity contribution in [3.05, 3.63) is 35.9 Å². The summed E-state index contributed by atoms with van der Waals surface area (Å²) >= 11 is 0. The third-order valence-electron chi connectivity index (χ3n) is 5.77. The van der Waals surface area contributed by atoms with Gasteiger partial charge in [-0.1, -0.05) is 30.3 Å². The minimum absolute atomic E-state index is 0.0518. The van der Waals surface area contributed by atoms with E-state index in [1.807, 2.05) is 56.0 Å². The second-order valence-corrected chi connectivity index (χ2v) is 8.88. The van der Waals surface area contributed by atoms with Gasteiger partial charge in [-0.05, 0) is 39.2 Å². The van der Waals surface area contributed by atoms with Crippen LogP contribution in [0.4, 0.5) is 0 Å². The van der Waals surface area contributed by atoms with Crippen LogP contribution in [0.25, 0.3) is 0 Å². The largest absolute Gasteiger partial charge is 0.352 e. The van der Waals surface area contributed by atoms with E-state index >= 15 is 0 Å². The Morgan fingerprint density at radius 2 is 1.71 bits per heavy atom. The van der Waals surface area contributed by atoms with Gasteiger partial charge in [0.2, 0.25) is 17.7 Å². The molecule has 1 aromatic rings. The Kier molecular flexibility index (Phi) is 6.06. The van der Waals surface area contributed by atoms with Crippen molar-refractivity contribution in [3.8, 4) is 0 Å². The topological polar surface area (TPSA) is 69.7 Å². The molecule has 0 aliphatic carbocycles. The summed E-state index contributed by atoms with van der Waals surface area (Å²) in [5.74, 6) is -0.130. The van der Waals surface area contributed by atoms with E-state index in [1.165, 1.54) is 0 Å². The first-order valence-electron chi connectivity index (χ1n) is 10.2. The maximum atomic E-state index is 12.9. The van der Waals surface area contributed by atoms with E-state index < -0.39 is 0 Å². The molecule has 0 bridgehead atoms. The van der Waals surface area contributed by atoms with Crippen molar-refractivity contribution in [1.29, 1.82) is 0 Å². The number of amides is 3. The van der Waals surface area contributed by atoms with Gasteiger partial charge < -0.3 is 15.1 Å². The highest BCUT2D eigenvalue weighted by Gasteiger charge is 2.41. The monoisotopic (exact) mass is 385 g/mol. The van der Waals surface area contributed by atoms with Crippen LogP contribution in [-0.4, -0.2) is 52.7 Å². The van der Waals surface area contributed by atoms with Crippen molar-refractivity contribution in [1.82, 2.24) is 15.1 Å². The molecule has 28 heavy (non-hydrogen) atoms. The van der Waals surface area contributed by atoms with Crippen LogP contribution < -0.4 is 5.32 Å². The summed E-state index contributed by atoms with van der Waals surface area (Å²) in [4.78, 5) is 41.2. The van der Waals surface area contributed by atoms with Crippen LogP contribution in [0.5, 0.6) is 0 Å². The number of carbonyl (C=O) groups is 3. The van der Waals surface area contributed by atoms with Gasteiger partial charge in [0, 0.05) is 44.1 Å². The molecule has 2 fully saturated rings. The molecule has 0 radical (unpaired) electrons. The van der Waals surface area contributed by atoms with E-state index in [9.17, 15) is 14.4 Å². The summed E-state index contributed by atoms with van der Waals surface area (Å²) < 4.78 is 0. The molecule has 3 rings (SSSR count). The van der Waals surface area contributed by atoms with E-state index in [4.69, 9.17) is 0 Å². The van der Waals surface area contributed by atoms with E-state index in [-0.39, 0.29) is 35.1 Å². The zero-order valence-electron chi connectivity index (χ0n) is 17.1. The van der Waals surface area contributed by atoms with Gasteiger partial charge >= 0.3 is 0 Å². The number of nitrogens with one attached hydrogen (secondary N) is 1. The summed E-state index contributed by atoms with van der Waals surface area (Å²) in [6.07, 6.45) is 1.65.